The monoisotopic (exact) mass is 601 g/mol. The molecule has 226 valence electrons. The minimum Gasteiger partial charge on any atom is -0.464 e. The van der Waals surface area contributed by atoms with Crippen molar-refractivity contribution in [2.24, 2.45) is 0 Å². The van der Waals surface area contributed by atoms with Gasteiger partial charge in [0, 0.05) is 6.04 Å². The molecule has 12 nitrogen and oxygen atoms in total. The molecule has 3 rings (SSSR count). The number of nitrogens with zero attached hydrogens (tertiary/aromatic N) is 4. The highest BCUT2D eigenvalue weighted by Crippen LogP contribution is 2.42. The quantitative estimate of drug-likeness (QED) is 0.176. The number of esters is 1. The van der Waals surface area contributed by atoms with E-state index in [9.17, 15) is 22.5 Å². The summed E-state index contributed by atoms with van der Waals surface area (Å²) in [6, 6.07) is 4.55. The molecule has 41 heavy (non-hydrogen) atoms. The Morgan fingerprint density at radius 2 is 1.83 bits per heavy atom. The van der Waals surface area contributed by atoms with Crippen LogP contribution in [0.5, 0.6) is 5.75 Å². The second-order valence-corrected chi connectivity index (χ2v) is 12.2. The van der Waals surface area contributed by atoms with E-state index in [4.69, 9.17) is 15.2 Å². The van der Waals surface area contributed by atoms with Gasteiger partial charge in [-0.15, -0.1) is 13.2 Å². The summed E-state index contributed by atoms with van der Waals surface area (Å²) >= 11 is 0. The van der Waals surface area contributed by atoms with Crippen molar-refractivity contribution in [1.29, 1.82) is 0 Å². The molecule has 1 aromatic carbocycles. The SMILES string of the molecule is CCCOC(=O)C(C)(C)N[P@@](=O)(CO[C@H](C)Cn1cnc2c(N)ncnc21)N[C@@H](C)c1ccc(OC(F)(F)F)cc1. The van der Waals surface area contributed by atoms with Gasteiger partial charge in [-0.1, -0.05) is 19.1 Å². The Balaban J connectivity index is 1.76. The van der Waals surface area contributed by atoms with E-state index in [2.05, 4.69) is 29.9 Å². The third-order valence-corrected chi connectivity index (χ3v) is 8.09. The van der Waals surface area contributed by atoms with Gasteiger partial charge in [-0.05, 0) is 51.8 Å². The van der Waals surface area contributed by atoms with Crippen molar-refractivity contribution in [1.82, 2.24) is 29.7 Å². The molecule has 0 aliphatic carbocycles. The number of hydrogen-bond donors (Lipinski definition) is 3. The van der Waals surface area contributed by atoms with Crippen LogP contribution in [-0.2, 0) is 25.4 Å². The number of carbonyl (C=O) groups is 1. The number of nitrogens with one attached hydrogen (secondary N) is 2. The van der Waals surface area contributed by atoms with Gasteiger partial charge in [-0.2, -0.15) is 0 Å². The fourth-order valence-corrected chi connectivity index (χ4v) is 6.35. The number of ether oxygens (including phenoxy) is 3. The molecular formula is C25H35F3N7O5P. The molecule has 3 atom stereocenters. The van der Waals surface area contributed by atoms with Gasteiger partial charge in [0.15, 0.2) is 11.5 Å². The van der Waals surface area contributed by atoms with Crippen molar-refractivity contribution in [3.63, 3.8) is 0 Å². The Bertz CT molecular complexity index is 1370. The van der Waals surface area contributed by atoms with E-state index in [1.807, 2.05) is 6.92 Å². The van der Waals surface area contributed by atoms with Crippen molar-refractivity contribution >= 4 is 30.4 Å². The van der Waals surface area contributed by atoms with Crippen LogP contribution in [0.25, 0.3) is 11.2 Å². The number of hydrogen-bond acceptors (Lipinski definition) is 9. The molecule has 0 saturated carbocycles. The minimum atomic E-state index is -4.82. The molecule has 2 aromatic heterocycles. The van der Waals surface area contributed by atoms with Gasteiger partial charge in [0.2, 0.25) is 7.44 Å². The molecule has 0 radical (unpaired) electrons. The Labute approximate surface area is 235 Å². The lowest BCUT2D eigenvalue weighted by molar-refractivity contribution is -0.274. The smallest absolute Gasteiger partial charge is 0.464 e. The Kier molecular flexibility index (Phi) is 10.3. The van der Waals surface area contributed by atoms with E-state index in [0.29, 0.717) is 29.7 Å². The van der Waals surface area contributed by atoms with E-state index < -0.39 is 37.5 Å². The second-order valence-electron chi connectivity index (χ2n) is 10.0. The zero-order chi connectivity index (χ0) is 30.4. The number of fused-ring (bicyclic) bond motifs is 1. The molecule has 0 amide bonds. The number of imidazole rings is 1. The number of halogens is 3. The van der Waals surface area contributed by atoms with Crippen LogP contribution < -0.4 is 20.6 Å². The molecule has 0 bridgehead atoms. The Morgan fingerprint density at radius 1 is 1.15 bits per heavy atom. The summed E-state index contributed by atoms with van der Waals surface area (Å²) in [5.74, 6) is -0.743. The van der Waals surface area contributed by atoms with Gasteiger partial charge in [-0.25, -0.2) is 25.1 Å². The largest absolute Gasteiger partial charge is 0.573 e. The van der Waals surface area contributed by atoms with Gasteiger partial charge in [0.1, 0.15) is 29.5 Å². The summed E-state index contributed by atoms with van der Waals surface area (Å²) in [5, 5.41) is 5.88. The van der Waals surface area contributed by atoms with Gasteiger partial charge in [0.05, 0.1) is 25.6 Å². The first-order chi connectivity index (χ1) is 19.1. The lowest BCUT2D eigenvalue weighted by Gasteiger charge is -2.33. The molecule has 0 saturated heterocycles. The summed E-state index contributed by atoms with van der Waals surface area (Å²) in [5.41, 5.74) is 5.98. The van der Waals surface area contributed by atoms with Crippen LogP contribution in [0, 0.1) is 0 Å². The molecule has 4 N–H and O–H groups in total. The lowest BCUT2D eigenvalue weighted by atomic mass is 10.1. The number of alkyl halides is 3. The Morgan fingerprint density at radius 3 is 2.46 bits per heavy atom. The van der Waals surface area contributed by atoms with Crippen molar-refractivity contribution in [2.75, 3.05) is 18.7 Å². The first-order valence-electron chi connectivity index (χ1n) is 12.8. The van der Waals surface area contributed by atoms with Gasteiger partial charge >= 0.3 is 12.3 Å². The van der Waals surface area contributed by atoms with Gasteiger partial charge in [0.25, 0.3) is 0 Å². The summed E-state index contributed by atoms with van der Waals surface area (Å²) < 4.78 is 68.7. The fourth-order valence-electron chi connectivity index (χ4n) is 3.91. The maximum Gasteiger partial charge on any atom is 0.573 e. The molecule has 0 fully saturated rings. The number of rotatable bonds is 14. The first kappa shape index (κ1) is 32.3. The number of anilines is 1. The van der Waals surface area contributed by atoms with E-state index in [0.717, 1.165) is 12.1 Å². The first-order valence-corrected chi connectivity index (χ1v) is 14.7. The molecule has 2 heterocycles. The van der Waals surface area contributed by atoms with Crippen molar-refractivity contribution < 1.29 is 36.7 Å². The van der Waals surface area contributed by atoms with Crippen LogP contribution in [0.3, 0.4) is 0 Å². The minimum absolute atomic E-state index is 0.199. The second kappa shape index (κ2) is 13.1. The number of aromatic nitrogens is 4. The normalized spacial score (nSPS) is 15.3. The molecule has 16 heteroatoms. The third kappa shape index (κ3) is 9.12. The number of carbonyl (C=O) groups excluding carboxylic acids is 1. The van der Waals surface area contributed by atoms with E-state index in [1.54, 1.807) is 38.6 Å². The average molecular weight is 602 g/mol. The third-order valence-electron chi connectivity index (χ3n) is 5.85. The van der Waals surface area contributed by atoms with Crippen molar-refractivity contribution in [3.05, 3.63) is 42.5 Å². The zero-order valence-corrected chi connectivity index (χ0v) is 24.3. The van der Waals surface area contributed by atoms with E-state index >= 15 is 0 Å². The van der Waals surface area contributed by atoms with Crippen molar-refractivity contribution in [2.45, 2.75) is 71.6 Å². The Hall–Kier alpha value is -3.26. The summed E-state index contributed by atoms with van der Waals surface area (Å²) in [6.45, 7) is 8.88. The highest BCUT2D eigenvalue weighted by molar-refractivity contribution is 7.59. The predicted octanol–water partition coefficient (Wildman–Crippen LogP) is 4.54. The standard InChI is InChI=1S/C25H35F3N7O5P/c1-6-11-38-23(36)24(4,5)34-41(37,33-17(3)18-7-9-19(10-8-18)40-25(26,27)28)15-39-16(2)12-35-14-32-20-21(29)30-13-31-22(20)35/h7-10,13-14,16-17H,6,11-12,15H2,1-5H3,(H2,29,30,31)(H2,33,34,37)/t16-,17+,41-/m1/s1. The summed E-state index contributed by atoms with van der Waals surface area (Å²) in [4.78, 5) is 25.1. The highest BCUT2D eigenvalue weighted by atomic mass is 31.2. The average Bonchev–Trinajstić information content (AvgIpc) is 3.29. The van der Waals surface area contributed by atoms with Crippen LogP contribution in [0.2, 0.25) is 0 Å². The van der Waals surface area contributed by atoms with Crippen LogP contribution in [0.1, 0.15) is 52.6 Å². The number of benzene rings is 1. The summed E-state index contributed by atoms with van der Waals surface area (Å²) in [7, 11) is -3.70. The van der Waals surface area contributed by atoms with Crippen molar-refractivity contribution in [3.8, 4) is 5.75 Å². The maximum absolute atomic E-state index is 14.2. The summed E-state index contributed by atoms with van der Waals surface area (Å²) in [6.07, 6.45) is -2.14. The van der Waals surface area contributed by atoms with E-state index in [-0.39, 0.29) is 24.5 Å². The van der Waals surface area contributed by atoms with Crippen LogP contribution >= 0.6 is 7.44 Å². The molecule has 0 aliphatic rings. The number of nitrogen functional groups attached to an aromatic ring is 1. The lowest BCUT2D eigenvalue weighted by Crippen LogP contribution is -2.49. The molecular weight excluding hydrogens is 566 g/mol. The van der Waals surface area contributed by atoms with Crippen LogP contribution in [0.15, 0.2) is 36.9 Å². The van der Waals surface area contributed by atoms with Gasteiger partial charge in [-0.3, -0.25) is 9.36 Å². The van der Waals surface area contributed by atoms with Crippen LogP contribution in [-0.4, -0.2) is 56.4 Å². The van der Waals surface area contributed by atoms with Crippen LogP contribution in [0.4, 0.5) is 19.0 Å². The van der Waals surface area contributed by atoms with Gasteiger partial charge < -0.3 is 24.5 Å². The molecule has 0 spiro atoms. The fraction of sp³-hybridized carbons (Fsp3) is 0.520. The zero-order valence-electron chi connectivity index (χ0n) is 23.4. The maximum atomic E-state index is 14.2. The molecule has 0 unspecified atom stereocenters. The highest BCUT2D eigenvalue weighted by Gasteiger charge is 2.38. The topological polar surface area (TPSA) is 156 Å². The van der Waals surface area contributed by atoms with E-state index in [1.165, 1.54) is 18.5 Å². The number of nitrogens with two attached hydrogens (primary N) is 1. The molecule has 0 aliphatic heterocycles. The molecule has 3 aromatic rings. The predicted molar refractivity (Wildman–Crippen MR) is 146 cm³/mol.